The average Bonchev–Trinajstić information content (AvgIpc) is 1.59. The second kappa shape index (κ2) is 2.05. The maximum atomic E-state index is 10.6. The Labute approximate surface area is 53.5 Å². The predicted octanol–water partition coefficient (Wildman–Crippen LogP) is 1.35. The van der Waals surface area contributed by atoms with E-state index in [4.69, 9.17) is 5.11 Å². The van der Waals surface area contributed by atoms with Crippen LogP contribution in [0.5, 0.6) is 0 Å². The van der Waals surface area contributed by atoms with Crippen LogP contribution in [0.1, 0.15) is 13.3 Å². The van der Waals surface area contributed by atoms with E-state index in [9.17, 15) is 4.79 Å². The van der Waals surface area contributed by atoms with Crippen LogP contribution in [0.4, 0.5) is 0 Å². The second-order valence-corrected chi connectivity index (χ2v) is 2.20. The van der Waals surface area contributed by atoms with Crippen LogP contribution >= 0.6 is 0 Å². The Bertz CT molecular complexity index is 199. The Balaban J connectivity index is 2.86. The summed E-state index contributed by atoms with van der Waals surface area (Å²) >= 11 is 0. The number of hydrogen-bond donors (Lipinski definition) is 1. The monoisotopic (exact) mass is 124 g/mol. The first kappa shape index (κ1) is 6.08. The average molecular weight is 124 g/mol. The lowest BCUT2D eigenvalue weighted by Gasteiger charge is -2.02. The predicted molar refractivity (Wildman–Crippen MR) is 34.1 cm³/mol. The van der Waals surface area contributed by atoms with Gasteiger partial charge in [-0.15, -0.1) is 0 Å². The summed E-state index contributed by atoms with van der Waals surface area (Å²) in [5.74, 6) is 0.0521. The van der Waals surface area contributed by atoms with Crippen molar-refractivity contribution < 1.29 is 9.90 Å². The van der Waals surface area contributed by atoms with Gasteiger partial charge < -0.3 is 5.11 Å². The zero-order valence-corrected chi connectivity index (χ0v) is 5.22. The molecule has 1 aliphatic rings. The molecule has 0 unspecified atom stereocenters. The zero-order chi connectivity index (χ0) is 6.85. The quantitative estimate of drug-likeness (QED) is 0.529. The summed E-state index contributed by atoms with van der Waals surface area (Å²) in [5, 5.41) is 8.81. The van der Waals surface area contributed by atoms with Crippen molar-refractivity contribution in [2.75, 3.05) is 0 Å². The first-order chi connectivity index (χ1) is 4.18. The summed E-state index contributed by atoms with van der Waals surface area (Å²) in [6.45, 7) is 1.82. The van der Waals surface area contributed by atoms with Gasteiger partial charge in [0.1, 0.15) is 5.76 Å². The summed E-state index contributed by atoms with van der Waals surface area (Å²) in [5.41, 5.74) is 0.917. The van der Waals surface area contributed by atoms with Crippen molar-refractivity contribution in [1.29, 1.82) is 0 Å². The number of ketones is 1. The normalized spacial score (nSPS) is 19.0. The molecule has 9 heavy (non-hydrogen) atoms. The molecule has 2 nitrogen and oxygen atoms in total. The molecular weight excluding hydrogens is 116 g/mol. The molecule has 1 N–H and O–H groups in total. The lowest BCUT2D eigenvalue weighted by Crippen LogP contribution is -2.00. The Morgan fingerprint density at radius 2 is 2.22 bits per heavy atom. The fourth-order valence-electron chi connectivity index (χ4n) is 0.836. The fraction of sp³-hybridized carbons (Fsp3) is 0.286. The largest absolute Gasteiger partial charge is 0.508 e. The van der Waals surface area contributed by atoms with E-state index in [1.807, 2.05) is 6.92 Å². The third-order valence-electron chi connectivity index (χ3n) is 1.16. The number of carbonyl (C=O) groups excluding carboxylic acids is 1. The van der Waals surface area contributed by atoms with Crippen molar-refractivity contribution in [3.8, 4) is 0 Å². The van der Waals surface area contributed by atoms with Gasteiger partial charge in [0.2, 0.25) is 0 Å². The smallest absolute Gasteiger partial charge is 0.163 e. The number of carbonyl (C=O) groups is 1. The first-order valence-electron chi connectivity index (χ1n) is 2.79. The van der Waals surface area contributed by atoms with Crippen LogP contribution in [0.25, 0.3) is 0 Å². The molecule has 0 aliphatic heterocycles. The third-order valence-corrected chi connectivity index (χ3v) is 1.16. The van der Waals surface area contributed by atoms with E-state index in [-0.39, 0.29) is 11.5 Å². The molecule has 0 aromatic carbocycles. The van der Waals surface area contributed by atoms with Gasteiger partial charge in [-0.2, -0.15) is 0 Å². The highest BCUT2D eigenvalue weighted by molar-refractivity contribution is 5.93. The van der Waals surface area contributed by atoms with Gasteiger partial charge in [0.15, 0.2) is 5.78 Å². The van der Waals surface area contributed by atoms with Crippen molar-refractivity contribution in [2.24, 2.45) is 0 Å². The van der Waals surface area contributed by atoms with Crippen molar-refractivity contribution in [3.05, 3.63) is 23.5 Å². The van der Waals surface area contributed by atoms with Crippen molar-refractivity contribution in [1.82, 2.24) is 0 Å². The summed E-state index contributed by atoms with van der Waals surface area (Å²) in [6, 6.07) is 0. The Hall–Kier alpha value is -1.05. The van der Waals surface area contributed by atoms with Gasteiger partial charge in [-0.25, -0.2) is 0 Å². The highest BCUT2D eigenvalue weighted by atomic mass is 16.3. The molecular formula is C7H8O2. The number of allylic oxidation sites excluding steroid dienone is 3. The molecule has 0 saturated heterocycles. The van der Waals surface area contributed by atoms with Crippen LogP contribution in [0.2, 0.25) is 0 Å². The van der Waals surface area contributed by atoms with E-state index in [0.717, 1.165) is 5.57 Å². The topological polar surface area (TPSA) is 37.3 Å². The molecule has 0 radical (unpaired) electrons. The molecule has 0 atom stereocenters. The second-order valence-electron chi connectivity index (χ2n) is 2.20. The van der Waals surface area contributed by atoms with Crippen LogP contribution in [-0.2, 0) is 4.79 Å². The molecule has 0 bridgehead atoms. The molecule has 0 fully saturated rings. The summed E-state index contributed by atoms with van der Waals surface area (Å²) in [6.07, 6.45) is 3.29. The summed E-state index contributed by atoms with van der Waals surface area (Å²) in [7, 11) is 0. The standard InChI is InChI=1S/C7H8O2/c1-5-2-6(8)4-7(9)3-5/h2,4,8H,3H2,1H3. The summed E-state index contributed by atoms with van der Waals surface area (Å²) < 4.78 is 0. The Morgan fingerprint density at radius 1 is 1.56 bits per heavy atom. The summed E-state index contributed by atoms with van der Waals surface area (Å²) in [4.78, 5) is 10.6. The van der Waals surface area contributed by atoms with E-state index in [2.05, 4.69) is 0 Å². The van der Waals surface area contributed by atoms with Crippen molar-refractivity contribution in [3.63, 3.8) is 0 Å². The highest BCUT2D eigenvalue weighted by Gasteiger charge is 2.06. The van der Waals surface area contributed by atoms with Crippen molar-refractivity contribution in [2.45, 2.75) is 13.3 Å². The minimum absolute atomic E-state index is 0.0208. The number of aliphatic hydroxyl groups excluding tert-OH is 1. The minimum atomic E-state index is -0.0208. The molecule has 1 aliphatic carbocycles. The maximum absolute atomic E-state index is 10.6. The van der Waals surface area contributed by atoms with E-state index in [1.165, 1.54) is 6.08 Å². The SMILES string of the molecule is CC1=CC(O)=CC(=O)C1. The molecule has 0 amide bonds. The van der Waals surface area contributed by atoms with Crippen LogP contribution in [0.3, 0.4) is 0 Å². The van der Waals surface area contributed by atoms with Crippen LogP contribution in [0, 0.1) is 0 Å². The molecule has 48 valence electrons. The maximum Gasteiger partial charge on any atom is 0.163 e. The van der Waals surface area contributed by atoms with E-state index in [0.29, 0.717) is 6.42 Å². The Morgan fingerprint density at radius 3 is 2.67 bits per heavy atom. The number of hydrogen-bond acceptors (Lipinski definition) is 2. The first-order valence-corrected chi connectivity index (χ1v) is 2.79. The molecule has 0 aromatic rings. The van der Waals surface area contributed by atoms with Gasteiger partial charge in [0.25, 0.3) is 0 Å². The van der Waals surface area contributed by atoms with Gasteiger partial charge in [-0.05, 0) is 13.0 Å². The van der Waals surface area contributed by atoms with Gasteiger partial charge in [-0.1, -0.05) is 5.57 Å². The molecule has 2 heteroatoms. The third kappa shape index (κ3) is 1.42. The lowest BCUT2D eigenvalue weighted by molar-refractivity contribution is -0.114. The zero-order valence-electron chi connectivity index (χ0n) is 5.22. The number of rotatable bonds is 0. The minimum Gasteiger partial charge on any atom is -0.508 e. The van der Waals surface area contributed by atoms with Crippen LogP contribution in [-0.4, -0.2) is 10.9 Å². The molecule has 0 spiro atoms. The van der Waals surface area contributed by atoms with E-state index < -0.39 is 0 Å². The van der Waals surface area contributed by atoms with Gasteiger partial charge >= 0.3 is 0 Å². The molecule has 0 aromatic heterocycles. The highest BCUT2D eigenvalue weighted by Crippen LogP contribution is 2.11. The Kier molecular flexibility index (Phi) is 1.39. The molecule has 0 saturated carbocycles. The van der Waals surface area contributed by atoms with Gasteiger partial charge in [-0.3, -0.25) is 4.79 Å². The fourth-order valence-corrected chi connectivity index (χ4v) is 0.836. The van der Waals surface area contributed by atoms with Crippen LogP contribution in [0.15, 0.2) is 23.5 Å². The molecule has 0 heterocycles. The van der Waals surface area contributed by atoms with Gasteiger partial charge in [0.05, 0.1) is 0 Å². The van der Waals surface area contributed by atoms with E-state index >= 15 is 0 Å². The van der Waals surface area contributed by atoms with Crippen molar-refractivity contribution >= 4 is 5.78 Å². The van der Waals surface area contributed by atoms with Gasteiger partial charge in [0, 0.05) is 12.5 Å². The van der Waals surface area contributed by atoms with Crippen LogP contribution < -0.4 is 0 Å². The lowest BCUT2D eigenvalue weighted by atomic mass is 10.1. The van der Waals surface area contributed by atoms with E-state index in [1.54, 1.807) is 6.08 Å². The number of aliphatic hydroxyl groups is 1. The molecule has 1 rings (SSSR count).